The van der Waals surface area contributed by atoms with Crippen LogP contribution < -0.4 is 33.2 Å². The van der Waals surface area contributed by atoms with Crippen LogP contribution in [-0.4, -0.2) is 65.9 Å². The first kappa shape index (κ1) is 28.3. The van der Waals surface area contributed by atoms with Crippen LogP contribution in [-0.2, 0) is 24.0 Å². The highest BCUT2D eigenvalue weighted by molar-refractivity contribution is 5.92. The monoisotopic (exact) mass is 444 g/mol. The normalized spacial score (nSPS) is 13.7. The number of hydrogen-bond donors (Lipinski definition) is 7. The van der Waals surface area contributed by atoms with Crippen molar-refractivity contribution < 1.29 is 29.1 Å². The minimum Gasteiger partial charge on any atom is -0.480 e. The third-order valence-corrected chi connectivity index (χ3v) is 4.38. The Balaban J connectivity index is 4.84. The first-order valence-electron chi connectivity index (χ1n) is 10.3. The second-order valence-electron chi connectivity index (χ2n) is 7.76. The summed E-state index contributed by atoms with van der Waals surface area (Å²) in [5, 5.41) is 16.3. The average Bonchev–Trinajstić information content (AvgIpc) is 2.67. The van der Waals surface area contributed by atoms with E-state index in [9.17, 15) is 24.0 Å². The van der Waals surface area contributed by atoms with Gasteiger partial charge in [0.2, 0.25) is 23.6 Å². The molecule has 0 aliphatic carbocycles. The summed E-state index contributed by atoms with van der Waals surface area (Å²) < 4.78 is 0. The number of carbonyl (C=O) groups is 5. The van der Waals surface area contributed by atoms with E-state index in [1.54, 1.807) is 0 Å². The lowest BCUT2D eigenvalue weighted by molar-refractivity contribution is -0.142. The maximum absolute atomic E-state index is 12.5. The number of aliphatic carboxylic acids is 1. The van der Waals surface area contributed by atoms with Gasteiger partial charge in [-0.1, -0.05) is 13.8 Å². The van der Waals surface area contributed by atoms with Crippen LogP contribution in [0.2, 0.25) is 0 Å². The van der Waals surface area contributed by atoms with E-state index in [1.807, 2.05) is 13.8 Å². The Labute approximate surface area is 182 Å². The summed E-state index contributed by atoms with van der Waals surface area (Å²) in [6.45, 7) is 3.77. The van der Waals surface area contributed by atoms with Crippen LogP contribution >= 0.6 is 0 Å². The minimum atomic E-state index is -1.33. The molecule has 0 aliphatic rings. The Bertz CT molecular complexity index is 627. The van der Waals surface area contributed by atoms with Crippen molar-refractivity contribution in [3.63, 3.8) is 0 Å². The first-order valence-corrected chi connectivity index (χ1v) is 10.3. The number of rotatable bonds is 16. The van der Waals surface area contributed by atoms with Crippen LogP contribution in [0.5, 0.6) is 0 Å². The van der Waals surface area contributed by atoms with Gasteiger partial charge in [0.1, 0.15) is 12.1 Å². The van der Waals surface area contributed by atoms with Crippen LogP contribution in [0.3, 0.4) is 0 Å². The third-order valence-electron chi connectivity index (χ3n) is 4.38. The topological polar surface area (TPSA) is 220 Å². The molecule has 0 aliphatic heterocycles. The number of carboxylic acids is 1. The van der Waals surface area contributed by atoms with Crippen LogP contribution in [0.25, 0.3) is 0 Å². The molecule has 0 fully saturated rings. The molecule has 0 aromatic heterocycles. The summed E-state index contributed by atoms with van der Waals surface area (Å²) in [5.41, 5.74) is 16.3. The largest absolute Gasteiger partial charge is 0.480 e. The molecule has 4 amide bonds. The molecule has 0 saturated heterocycles. The van der Waals surface area contributed by atoms with Gasteiger partial charge in [0, 0.05) is 6.42 Å². The van der Waals surface area contributed by atoms with E-state index < -0.39 is 54.3 Å². The van der Waals surface area contributed by atoms with Crippen molar-refractivity contribution in [2.45, 2.75) is 70.5 Å². The molecule has 10 N–H and O–H groups in total. The van der Waals surface area contributed by atoms with E-state index >= 15 is 0 Å². The van der Waals surface area contributed by atoms with Crippen LogP contribution in [0, 0.1) is 5.92 Å². The highest BCUT2D eigenvalue weighted by atomic mass is 16.4. The van der Waals surface area contributed by atoms with Gasteiger partial charge in [0.15, 0.2) is 0 Å². The van der Waals surface area contributed by atoms with Crippen molar-refractivity contribution >= 4 is 29.6 Å². The molecular weight excluding hydrogens is 408 g/mol. The summed E-state index contributed by atoms with van der Waals surface area (Å²) in [7, 11) is 0. The van der Waals surface area contributed by atoms with Crippen molar-refractivity contribution in [2.24, 2.45) is 23.1 Å². The standard InChI is InChI=1S/C19H36N6O6/c1-11(2)9-12(21)17(28)25-13(5-3-4-8-20)18(29)23-10-16(27)24-14(19(30)31)6-7-15(22)26/h11-14H,3-10,20-21H2,1-2H3,(H2,22,26)(H,23,29)(H,24,27)(H,25,28)(H,30,31). The summed E-state index contributed by atoms with van der Waals surface area (Å²) >= 11 is 0. The van der Waals surface area contributed by atoms with Gasteiger partial charge < -0.3 is 38.3 Å². The average molecular weight is 445 g/mol. The molecule has 178 valence electrons. The Kier molecular flexibility index (Phi) is 13.8. The molecule has 3 atom stereocenters. The third kappa shape index (κ3) is 13.2. The Hall–Kier alpha value is -2.73. The highest BCUT2D eigenvalue weighted by Gasteiger charge is 2.25. The molecule has 0 radical (unpaired) electrons. The number of carbonyl (C=O) groups excluding carboxylic acids is 4. The van der Waals surface area contributed by atoms with Crippen molar-refractivity contribution in [1.29, 1.82) is 0 Å². The lowest BCUT2D eigenvalue weighted by atomic mass is 10.0. The van der Waals surface area contributed by atoms with Gasteiger partial charge in [-0.25, -0.2) is 4.79 Å². The molecule has 0 aromatic rings. The van der Waals surface area contributed by atoms with E-state index in [0.717, 1.165) is 0 Å². The van der Waals surface area contributed by atoms with Crippen molar-refractivity contribution in [3.8, 4) is 0 Å². The first-order chi connectivity index (χ1) is 14.5. The van der Waals surface area contributed by atoms with Crippen LogP contribution in [0.1, 0.15) is 52.4 Å². The van der Waals surface area contributed by atoms with Gasteiger partial charge >= 0.3 is 5.97 Å². The van der Waals surface area contributed by atoms with Gasteiger partial charge in [-0.15, -0.1) is 0 Å². The molecule has 3 unspecified atom stereocenters. The summed E-state index contributed by atoms with van der Waals surface area (Å²) in [6, 6.07) is -2.99. The smallest absolute Gasteiger partial charge is 0.326 e. The van der Waals surface area contributed by atoms with Crippen molar-refractivity contribution in [3.05, 3.63) is 0 Å². The van der Waals surface area contributed by atoms with Crippen molar-refractivity contribution in [1.82, 2.24) is 16.0 Å². The molecule has 12 heteroatoms. The molecule has 0 spiro atoms. The summed E-state index contributed by atoms with van der Waals surface area (Å²) in [4.78, 5) is 58.8. The van der Waals surface area contributed by atoms with Crippen LogP contribution in [0.4, 0.5) is 0 Å². The number of carboxylic acid groups (broad SMARTS) is 1. The van der Waals surface area contributed by atoms with Gasteiger partial charge in [-0.3, -0.25) is 19.2 Å². The lowest BCUT2D eigenvalue weighted by Crippen LogP contribution is -2.53. The van der Waals surface area contributed by atoms with E-state index in [4.69, 9.17) is 22.3 Å². The molecule has 0 aromatic carbocycles. The van der Waals surface area contributed by atoms with Gasteiger partial charge in [0.25, 0.3) is 0 Å². The predicted molar refractivity (Wildman–Crippen MR) is 113 cm³/mol. The zero-order valence-corrected chi connectivity index (χ0v) is 18.2. The molecule has 0 saturated carbocycles. The van der Waals surface area contributed by atoms with Crippen LogP contribution in [0.15, 0.2) is 0 Å². The number of hydrogen-bond acceptors (Lipinski definition) is 7. The van der Waals surface area contributed by atoms with Gasteiger partial charge in [-0.2, -0.15) is 0 Å². The maximum Gasteiger partial charge on any atom is 0.326 e. The van der Waals surface area contributed by atoms with Gasteiger partial charge in [-0.05, 0) is 44.6 Å². The number of nitrogens with two attached hydrogens (primary N) is 3. The number of unbranched alkanes of at least 4 members (excludes halogenated alkanes) is 1. The number of amides is 4. The Morgan fingerprint density at radius 2 is 1.58 bits per heavy atom. The summed E-state index contributed by atoms with van der Waals surface area (Å²) in [6.07, 6.45) is 1.60. The molecule has 31 heavy (non-hydrogen) atoms. The van der Waals surface area contributed by atoms with Gasteiger partial charge in [0.05, 0.1) is 12.6 Å². The molecule has 12 nitrogen and oxygen atoms in total. The maximum atomic E-state index is 12.5. The van der Waals surface area contributed by atoms with Crippen molar-refractivity contribution in [2.75, 3.05) is 13.1 Å². The molecule has 0 heterocycles. The second-order valence-corrected chi connectivity index (χ2v) is 7.76. The quantitative estimate of drug-likeness (QED) is 0.131. The second kappa shape index (κ2) is 15.1. The minimum absolute atomic E-state index is 0.171. The van der Waals surface area contributed by atoms with E-state index in [0.29, 0.717) is 32.2 Å². The van der Waals surface area contributed by atoms with E-state index in [1.165, 1.54) is 0 Å². The Morgan fingerprint density at radius 1 is 0.935 bits per heavy atom. The number of primary amides is 1. The van der Waals surface area contributed by atoms with E-state index in [-0.39, 0.29) is 18.8 Å². The molecule has 0 bridgehead atoms. The highest BCUT2D eigenvalue weighted by Crippen LogP contribution is 2.05. The fraction of sp³-hybridized carbons (Fsp3) is 0.737. The SMILES string of the molecule is CC(C)CC(N)C(=O)NC(CCCCN)C(=O)NCC(=O)NC(CCC(N)=O)C(=O)O. The predicted octanol–water partition coefficient (Wildman–Crippen LogP) is -2.08. The fourth-order valence-corrected chi connectivity index (χ4v) is 2.74. The molecular formula is C19H36N6O6. The number of nitrogens with one attached hydrogen (secondary N) is 3. The lowest BCUT2D eigenvalue weighted by Gasteiger charge is -2.21. The zero-order chi connectivity index (χ0) is 24.0. The molecule has 0 rings (SSSR count). The Morgan fingerprint density at radius 3 is 2.10 bits per heavy atom. The summed E-state index contributed by atoms with van der Waals surface area (Å²) in [5.74, 6) is -3.64. The van der Waals surface area contributed by atoms with E-state index in [2.05, 4.69) is 16.0 Å². The fourth-order valence-electron chi connectivity index (χ4n) is 2.74. The zero-order valence-electron chi connectivity index (χ0n) is 18.2.